The lowest BCUT2D eigenvalue weighted by molar-refractivity contribution is 0.112. The van der Waals surface area contributed by atoms with Gasteiger partial charge in [0.1, 0.15) is 5.75 Å². The minimum Gasteiger partial charge on any atom is -0.497 e. The summed E-state index contributed by atoms with van der Waals surface area (Å²) in [6, 6.07) is 5.28. The van der Waals surface area contributed by atoms with Crippen LogP contribution in [0.2, 0.25) is 0 Å². The maximum Gasteiger partial charge on any atom is 0.150 e. The minimum atomic E-state index is 0.416. The monoisotopic (exact) mass is 231 g/mol. The van der Waals surface area contributed by atoms with Crippen LogP contribution in [0.1, 0.15) is 22.3 Å². The van der Waals surface area contributed by atoms with Gasteiger partial charge in [-0.25, -0.2) is 0 Å². The van der Waals surface area contributed by atoms with Crippen LogP contribution >= 0.6 is 0 Å². The Kier molecular flexibility index (Phi) is 5.34. The van der Waals surface area contributed by atoms with E-state index in [0.717, 1.165) is 11.8 Å². The number of rotatable bonds is 6. The highest BCUT2D eigenvalue weighted by molar-refractivity contribution is 5.82. The second kappa shape index (κ2) is 7.09. The van der Waals surface area contributed by atoms with Crippen molar-refractivity contribution in [1.82, 2.24) is 0 Å². The van der Waals surface area contributed by atoms with Gasteiger partial charge in [-0.05, 0) is 29.6 Å². The van der Waals surface area contributed by atoms with Crippen molar-refractivity contribution in [2.75, 3.05) is 13.7 Å². The molecule has 0 aromatic heterocycles. The van der Waals surface area contributed by atoms with E-state index in [1.165, 1.54) is 0 Å². The van der Waals surface area contributed by atoms with E-state index in [9.17, 15) is 4.79 Å². The van der Waals surface area contributed by atoms with E-state index in [1.54, 1.807) is 19.2 Å². The average molecular weight is 231 g/mol. The fourth-order valence-electron chi connectivity index (χ4n) is 1.32. The van der Waals surface area contributed by atoms with E-state index in [2.05, 4.69) is 10.0 Å². The van der Waals surface area contributed by atoms with E-state index in [-0.39, 0.29) is 0 Å². The number of nitrogens with zero attached hydrogens (tertiary/aromatic N) is 3. The first-order valence-electron chi connectivity index (χ1n) is 5.12. The third kappa shape index (κ3) is 4.01. The van der Waals surface area contributed by atoms with E-state index >= 15 is 0 Å². The molecule has 1 rings (SSSR count). The molecule has 0 amide bonds. The first-order chi connectivity index (χ1) is 8.31. The second-order valence-electron chi connectivity index (χ2n) is 3.26. The predicted molar refractivity (Wildman–Crippen MR) is 66.0 cm³/mol. The number of carbonyl (C=O) groups is 1. The molecule has 0 N–H and O–H groups in total. The number of benzene rings is 1. The summed E-state index contributed by atoms with van der Waals surface area (Å²) < 4.78 is 5.03. The molecule has 88 valence electrons. The van der Waals surface area contributed by atoms with Crippen molar-refractivity contribution in [3.8, 4) is 5.75 Å². The second-order valence-corrected chi connectivity index (χ2v) is 3.26. The molecule has 1 aromatic carbocycles. The number of carbonyl (C=O) groups excluding carboxylic acids is 1. The van der Waals surface area contributed by atoms with Crippen molar-refractivity contribution in [3.05, 3.63) is 45.8 Å². The van der Waals surface area contributed by atoms with Crippen LogP contribution in [-0.4, -0.2) is 19.9 Å². The van der Waals surface area contributed by atoms with Crippen molar-refractivity contribution < 1.29 is 9.53 Å². The highest BCUT2D eigenvalue weighted by atomic mass is 16.5. The van der Waals surface area contributed by atoms with Crippen molar-refractivity contribution >= 4 is 12.4 Å². The molecular formula is C12H13N3O2. The molecular weight excluding hydrogens is 218 g/mol. The average Bonchev–Trinajstić information content (AvgIpc) is 2.38. The van der Waals surface area contributed by atoms with Crippen LogP contribution in [0.15, 0.2) is 29.4 Å². The molecule has 5 nitrogen and oxygen atoms in total. The molecule has 0 spiro atoms. The van der Waals surface area contributed by atoms with Crippen LogP contribution < -0.4 is 4.74 Å². The first-order valence-corrected chi connectivity index (χ1v) is 5.12. The van der Waals surface area contributed by atoms with Gasteiger partial charge in [0.15, 0.2) is 6.29 Å². The summed E-state index contributed by atoms with van der Waals surface area (Å²) in [6.45, 7) is 0.416. The molecule has 17 heavy (non-hydrogen) atoms. The third-order valence-corrected chi connectivity index (χ3v) is 2.18. The first kappa shape index (κ1) is 12.8. The van der Waals surface area contributed by atoms with Crippen LogP contribution in [0.25, 0.3) is 16.5 Å². The molecule has 0 aliphatic heterocycles. The van der Waals surface area contributed by atoms with Crippen molar-refractivity contribution in [3.63, 3.8) is 0 Å². The van der Waals surface area contributed by atoms with E-state index < -0.39 is 0 Å². The number of aldehydes is 1. The van der Waals surface area contributed by atoms with Gasteiger partial charge in [0.2, 0.25) is 0 Å². The van der Waals surface area contributed by atoms with Gasteiger partial charge < -0.3 is 4.74 Å². The molecule has 0 fully saturated rings. The summed E-state index contributed by atoms with van der Waals surface area (Å²) in [4.78, 5) is 13.5. The number of azide groups is 1. The molecule has 0 aliphatic rings. The van der Waals surface area contributed by atoms with Crippen LogP contribution in [-0.2, 0) is 0 Å². The lowest BCUT2D eigenvalue weighted by Gasteiger charge is -2.03. The van der Waals surface area contributed by atoms with E-state index in [1.807, 2.05) is 18.2 Å². The number of ether oxygens (including phenoxy) is 1. The van der Waals surface area contributed by atoms with Gasteiger partial charge in [0, 0.05) is 17.0 Å². The zero-order valence-corrected chi connectivity index (χ0v) is 9.54. The molecule has 0 saturated carbocycles. The molecule has 0 aliphatic carbocycles. The van der Waals surface area contributed by atoms with Gasteiger partial charge in [0.05, 0.1) is 7.11 Å². The van der Waals surface area contributed by atoms with Gasteiger partial charge in [-0.3, -0.25) is 4.79 Å². The third-order valence-electron chi connectivity index (χ3n) is 2.18. The maximum absolute atomic E-state index is 10.9. The molecule has 5 heteroatoms. The van der Waals surface area contributed by atoms with E-state index in [4.69, 9.17) is 10.3 Å². The summed E-state index contributed by atoms with van der Waals surface area (Å²) in [7, 11) is 1.55. The Hall–Kier alpha value is -2.26. The molecule has 0 heterocycles. The molecule has 0 unspecified atom stereocenters. The number of methoxy groups -OCH3 is 1. The Morgan fingerprint density at radius 1 is 1.47 bits per heavy atom. The van der Waals surface area contributed by atoms with Gasteiger partial charge in [-0.2, -0.15) is 0 Å². The number of hydrogen-bond acceptors (Lipinski definition) is 3. The fraction of sp³-hybridized carbons (Fsp3) is 0.250. The summed E-state index contributed by atoms with van der Waals surface area (Å²) in [5.74, 6) is 0.651. The summed E-state index contributed by atoms with van der Waals surface area (Å²) >= 11 is 0. The standard InChI is InChI=1S/C12H13N3O2/c1-17-12-6-5-10(11(8-12)9-16)4-2-3-7-14-15-13/h2,4-6,8-9H,3,7H2,1H3. The zero-order chi connectivity index (χ0) is 12.5. The number of hydrogen-bond donors (Lipinski definition) is 0. The van der Waals surface area contributed by atoms with Crippen LogP contribution in [0.3, 0.4) is 0 Å². The summed E-state index contributed by atoms with van der Waals surface area (Å²) in [5, 5.41) is 3.41. The Bertz CT molecular complexity index is 463. The Balaban J connectivity index is 2.76. The minimum absolute atomic E-state index is 0.416. The highest BCUT2D eigenvalue weighted by Crippen LogP contribution is 2.17. The molecule has 0 atom stereocenters. The van der Waals surface area contributed by atoms with Crippen molar-refractivity contribution in [2.24, 2.45) is 5.11 Å². The van der Waals surface area contributed by atoms with Crippen LogP contribution in [0.4, 0.5) is 0 Å². The topological polar surface area (TPSA) is 75.1 Å². The summed E-state index contributed by atoms with van der Waals surface area (Å²) in [5.41, 5.74) is 9.49. The van der Waals surface area contributed by atoms with E-state index in [0.29, 0.717) is 24.3 Å². The normalized spacial score (nSPS) is 9.94. The fourth-order valence-corrected chi connectivity index (χ4v) is 1.32. The van der Waals surface area contributed by atoms with Gasteiger partial charge in [-0.1, -0.05) is 23.3 Å². The SMILES string of the molecule is COc1ccc(C=CCCN=[N+]=[N-])c(C=O)c1. The Morgan fingerprint density at radius 3 is 2.94 bits per heavy atom. The maximum atomic E-state index is 10.9. The lowest BCUT2D eigenvalue weighted by atomic mass is 10.1. The smallest absolute Gasteiger partial charge is 0.150 e. The van der Waals surface area contributed by atoms with Gasteiger partial charge in [-0.15, -0.1) is 0 Å². The Morgan fingerprint density at radius 2 is 2.29 bits per heavy atom. The summed E-state index contributed by atoms with van der Waals surface area (Å²) in [6.07, 6.45) is 5.13. The van der Waals surface area contributed by atoms with Gasteiger partial charge >= 0.3 is 0 Å². The molecule has 0 radical (unpaired) electrons. The Labute approximate surface area is 99.3 Å². The van der Waals surface area contributed by atoms with Gasteiger partial charge in [0.25, 0.3) is 0 Å². The quantitative estimate of drug-likeness (QED) is 0.248. The molecule has 0 bridgehead atoms. The lowest BCUT2D eigenvalue weighted by Crippen LogP contribution is -1.89. The molecule has 1 aromatic rings. The predicted octanol–water partition coefficient (Wildman–Crippen LogP) is 3.22. The largest absolute Gasteiger partial charge is 0.497 e. The van der Waals surface area contributed by atoms with Crippen LogP contribution in [0, 0.1) is 0 Å². The zero-order valence-electron chi connectivity index (χ0n) is 9.54. The van der Waals surface area contributed by atoms with Crippen LogP contribution in [0.5, 0.6) is 5.75 Å². The highest BCUT2D eigenvalue weighted by Gasteiger charge is 2.00. The molecule has 0 saturated heterocycles. The van der Waals surface area contributed by atoms with Crippen molar-refractivity contribution in [2.45, 2.75) is 6.42 Å². The van der Waals surface area contributed by atoms with Crippen molar-refractivity contribution in [1.29, 1.82) is 0 Å².